The fourth-order valence-electron chi connectivity index (χ4n) is 8.00. The summed E-state index contributed by atoms with van der Waals surface area (Å²) in [5, 5.41) is 0.137. The van der Waals surface area contributed by atoms with Crippen molar-refractivity contribution in [2.45, 2.75) is 152 Å². The highest BCUT2D eigenvalue weighted by molar-refractivity contribution is 14.1. The first-order valence-electron chi connectivity index (χ1n) is 17.2. The standard InChI is InChI=1S/C38H56INO3Si/c1-35(2,3)26-15-13-25(14-16-26)34-31-32(38(42-34)19-11-12-29(38)39)30-27(40-33(31)24-17-20-41-21-18-24)22-37(7,8)23-28(30)43-44(9,10)36(4,5)6/h13-16,24,28-29,34H,11-12,17-23H2,1-10H3/t28?,29?,34-,38?/m1/s1. The van der Waals surface area contributed by atoms with E-state index in [1.54, 1.807) is 0 Å². The smallest absolute Gasteiger partial charge is 0.192 e. The van der Waals surface area contributed by atoms with E-state index in [2.05, 4.69) is 115 Å². The molecule has 6 heteroatoms. The number of alkyl halides is 1. The van der Waals surface area contributed by atoms with E-state index in [1.165, 1.54) is 52.0 Å². The second kappa shape index (κ2) is 11.4. The molecule has 1 saturated carbocycles. The van der Waals surface area contributed by atoms with Crippen LogP contribution in [0.4, 0.5) is 0 Å². The number of ether oxygens (including phenoxy) is 2. The van der Waals surface area contributed by atoms with Crippen molar-refractivity contribution in [1.29, 1.82) is 0 Å². The topological polar surface area (TPSA) is 40.6 Å². The van der Waals surface area contributed by atoms with Crippen LogP contribution in [0.3, 0.4) is 0 Å². The Morgan fingerprint density at radius 3 is 2.18 bits per heavy atom. The predicted octanol–water partition coefficient (Wildman–Crippen LogP) is 10.6. The van der Waals surface area contributed by atoms with Gasteiger partial charge in [0.05, 0.1) is 11.8 Å². The summed E-state index contributed by atoms with van der Waals surface area (Å²) >= 11 is 2.73. The lowest BCUT2D eigenvalue weighted by Gasteiger charge is -2.46. The van der Waals surface area contributed by atoms with Gasteiger partial charge in [-0.05, 0) is 85.0 Å². The monoisotopic (exact) mass is 729 g/mol. The molecule has 2 aliphatic carbocycles. The van der Waals surface area contributed by atoms with Crippen LogP contribution >= 0.6 is 22.6 Å². The molecule has 2 aromatic rings. The van der Waals surface area contributed by atoms with Gasteiger partial charge < -0.3 is 13.9 Å². The van der Waals surface area contributed by atoms with E-state index >= 15 is 0 Å². The molecule has 1 aromatic heterocycles. The number of nitrogens with zero attached hydrogens (tertiary/aromatic N) is 1. The number of hydrogen-bond donors (Lipinski definition) is 0. The maximum absolute atomic E-state index is 7.58. The average molecular weight is 730 g/mol. The van der Waals surface area contributed by atoms with Crippen molar-refractivity contribution < 1.29 is 13.9 Å². The quantitative estimate of drug-likeness (QED) is 0.179. The Kier molecular flexibility index (Phi) is 8.59. The van der Waals surface area contributed by atoms with E-state index in [1.807, 2.05) is 0 Å². The van der Waals surface area contributed by atoms with Gasteiger partial charge in [0.25, 0.3) is 0 Å². The van der Waals surface area contributed by atoms with Gasteiger partial charge in [-0.15, -0.1) is 0 Å². The zero-order valence-electron chi connectivity index (χ0n) is 29.0. The van der Waals surface area contributed by atoms with Gasteiger partial charge in [0.2, 0.25) is 0 Å². The summed E-state index contributed by atoms with van der Waals surface area (Å²) in [5.74, 6) is 0.400. The Hall–Kier alpha value is -0.803. The molecule has 0 N–H and O–H groups in total. The summed E-state index contributed by atoms with van der Waals surface area (Å²) in [4.78, 5) is 5.76. The summed E-state index contributed by atoms with van der Waals surface area (Å²) in [6.07, 6.45) is 7.50. The molecule has 4 atom stereocenters. The van der Waals surface area contributed by atoms with Crippen LogP contribution in [0.25, 0.3) is 0 Å². The normalized spacial score (nSPS) is 29.2. The van der Waals surface area contributed by atoms with Crippen LogP contribution in [-0.2, 0) is 31.3 Å². The Morgan fingerprint density at radius 1 is 0.955 bits per heavy atom. The van der Waals surface area contributed by atoms with Crippen LogP contribution in [-0.4, -0.2) is 30.4 Å². The molecule has 242 valence electrons. The summed E-state index contributed by atoms with van der Waals surface area (Å²) < 4.78 is 21.4. The largest absolute Gasteiger partial charge is 0.410 e. The van der Waals surface area contributed by atoms with E-state index in [-0.39, 0.29) is 33.7 Å². The molecule has 3 unspecified atom stereocenters. The highest BCUT2D eigenvalue weighted by atomic mass is 127. The first kappa shape index (κ1) is 33.1. The predicted molar refractivity (Wildman–Crippen MR) is 192 cm³/mol. The van der Waals surface area contributed by atoms with E-state index in [0.29, 0.717) is 9.84 Å². The van der Waals surface area contributed by atoms with E-state index in [0.717, 1.165) is 45.3 Å². The Labute approximate surface area is 282 Å². The van der Waals surface area contributed by atoms with Crippen molar-refractivity contribution in [1.82, 2.24) is 4.98 Å². The number of fused-ring (bicyclic) bond motifs is 4. The third kappa shape index (κ3) is 5.79. The molecule has 44 heavy (non-hydrogen) atoms. The van der Waals surface area contributed by atoms with Gasteiger partial charge in [0, 0.05) is 45.4 Å². The van der Waals surface area contributed by atoms with Gasteiger partial charge in [-0.3, -0.25) is 4.98 Å². The van der Waals surface area contributed by atoms with E-state index in [4.69, 9.17) is 18.9 Å². The molecule has 2 fully saturated rings. The van der Waals surface area contributed by atoms with Crippen molar-refractivity contribution in [3.8, 4) is 0 Å². The third-order valence-corrected chi connectivity index (χ3v) is 17.7. The van der Waals surface area contributed by atoms with Gasteiger partial charge >= 0.3 is 0 Å². The first-order valence-corrected chi connectivity index (χ1v) is 21.3. The Balaban J connectivity index is 1.61. The molecule has 3 heterocycles. The molecule has 1 aromatic carbocycles. The van der Waals surface area contributed by atoms with Crippen molar-refractivity contribution in [3.05, 3.63) is 63.5 Å². The van der Waals surface area contributed by atoms with Crippen LogP contribution < -0.4 is 0 Å². The molecule has 4 nitrogen and oxygen atoms in total. The molecule has 4 aliphatic rings. The van der Waals surface area contributed by atoms with Crippen LogP contribution in [0.15, 0.2) is 24.3 Å². The lowest BCUT2D eigenvalue weighted by molar-refractivity contribution is -0.0515. The maximum Gasteiger partial charge on any atom is 0.192 e. The minimum absolute atomic E-state index is 0.0475. The third-order valence-electron chi connectivity index (χ3n) is 11.5. The summed E-state index contributed by atoms with van der Waals surface area (Å²) in [6.45, 7) is 25.3. The maximum atomic E-state index is 7.58. The van der Waals surface area contributed by atoms with E-state index < -0.39 is 8.32 Å². The van der Waals surface area contributed by atoms with Crippen LogP contribution in [0.2, 0.25) is 18.1 Å². The number of rotatable bonds is 4. The SMILES string of the molecule is CC1(C)Cc2nc(C3CCOCC3)c3c(c2C(O[Si](C)(C)C(C)(C)C)C1)C1(CCCC1I)O[C@@H]3c1ccc(C(C)(C)C)cc1. The molecule has 0 radical (unpaired) electrons. The molecular weight excluding hydrogens is 673 g/mol. The fraction of sp³-hybridized carbons (Fsp3) is 0.711. The van der Waals surface area contributed by atoms with Gasteiger partial charge in [0.15, 0.2) is 8.32 Å². The lowest BCUT2D eigenvalue weighted by Crippen LogP contribution is -2.44. The summed E-state index contributed by atoms with van der Waals surface area (Å²) in [5.41, 5.74) is 9.40. The van der Waals surface area contributed by atoms with E-state index in [9.17, 15) is 0 Å². The first-order chi connectivity index (χ1) is 20.4. The number of hydrogen-bond acceptors (Lipinski definition) is 4. The highest BCUT2D eigenvalue weighted by Gasteiger charge is 2.57. The molecule has 1 saturated heterocycles. The number of aromatic nitrogens is 1. The Bertz CT molecular complexity index is 1380. The second-order valence-electron chi connectivity index (χ2n) is 17.6. The van der Waals surface area contributed by atoms with Crippen molar-refractivity contribution in [2.75, 3.05) is 13.2 Å². The molecule has 1 spiro atoms. The van der Waals surface area contributed by atoms with Crippen molar-refractivity contribution in [2.24, 2.45) is 5.41 Å². The highest BCUT2D eigenvalue weighted by Crippen LogP contribution is 2.62. The fourth-order valence-corrected chi connectivity index (χ4v) is 10.5. The minimum atomic E-state index is -2.06. The number of benzene rings is 1. The van der Waals surface area contributed by atoms with Gasteiger partial charge in [-0.1, -0.05) is 102 Å². The van der Waals surface area contributed by atoms with Crippen LogP contribution in [0, 0.1) is 5.41 Å². The lowest BCUT2D eigenvalue weighted by atomic mass is 9.70. The molecular formula is C38H56INO3Si. The zero-order valence-corrected chi connectivity index (χ0v) is 32.2. The molecule has 0 amide bonds. The molecule has 6 rings (SSSR count). The number of halogens is 1. The Morgan fingerprint density at radius 2 is 1.61 bits per heavy atom. The van der Waals surface area contributed by atoms with Crippen molar-refractivity contribution >= 4 is 30.9 Å². The molecule has 0 bridgehead atoms. The summed E-state index contributed by atoms with van der Waals surface area (Å²) in [7, 11) is -2.06. The van der Waals surface area contributed by atoms with Gasteiger partial charge in [0.1, 0.15) is 11.7 Å². The molecule has 2 aliphatic heterocycles. The van der Waals surface area contributed by atoms with Crippen LogP contribution in [0.1, 0.15) is 151 Å². The average Bonchev–Trinajstić information content (AvgIpc) is 3.47. The van der Waals surface area contributed by atoms with Gasteiger partial charge in [-0.25, -0.2) is 0 Å². The second-order valence-corrected chi connectivity index (χ2v) is 23.8. The summed E-state index contributed by atoms with van der Waals surface area (Å²) in [6, 6.07) is 9.33. The zero-order chi connectivity index (χ0) is 31.9. The minimum Gasteiger partial charge on any atom is -0.410 e. The van der Waals surface area contributed by atoms with Gasteiger partial charge in [-0.2, -0.15) is 0 Å². The number of pyridine rings is 1. The van der Waals surface area contributed by atoms with Crippen molar-refractivity contribution in [3.63, 3.8) is 0 Å². The van der Waals surface area contributed by atoms with Crippen LogP contribution in [0.5, 0.6) is 0 Å².